The number of rotatable bonds is 6. The minimum atomic E-state index is -0.631. The third-order valence-electron chi connectivity index (χ3n) is 2.89. The Morgan fingerprint density at radius 2 is 1.96 bits per heavy atom. The zero-order valence-electron chi connectivity index (χ0n) is 12.0. The molecule has 0 atom stereocenters. The number of anilines is 1. The summed E-state index contributed by atoms with van der Waals surface area (Å²) in [5.41, 5.74) is 0.161. The number of nitro groups is 1. The van der Waals surface area contributed by atoms with Gasteiger partial charge in [-0.25, -0.2) is 0 Å². The molecular formula is C15H10Cl2N2O5. The number of benzene rings is 2. The molecule has 2 aromatic carbocycles. The van der Waals surface area contributed by atoms with Crippen molar-refractivity contribution in [3.05, 3.63) is 62.1 Å². The van der Waals surface area contributed by atoms with Gasteiger partial charge in [0, 0.05) is 17.8 Å². The molecule has 0 radical (unpaired) electrons. The Hall–Kier alpha value is -2.64. The molecule has 0 aromatic heterocycles. The van der Waals surface area contributed by atoms with Crippen molar-refractivity contribution < 1.29 is 19.2 Å². The van der Waals surface area contributed by atoms with E-state index in [9.17, 15) is 19.7 Å². The number of nitro benzene ring substituents is 1. The highest BCUT2D eigenvalue weighted by molar-refractivity contribution is 6.42. The highest BCUT2D eigenvalue weighted by Crippen LogP contribution is 2.25. The predicted octanol–water partition coefficient (Wildman–Crippen LogP) is 3.73. The minimum Gasteiger partial charge on any atom is -0.483 e. The molecule has 7 nitrogen and oxygen atoms in total. The number of hydrogen-bond acceptors (Lipinski definition) is 5. The summed E-state index contributed by atoms with van der Waals surface area (Å²) in [7, 11) is 0. The molecule has 0 aliphatic heterocycles. The normalized spacial score (nSPS) is 10.1. The maximum Gasteiger partial charge on any atom is 0.270 e. The van der Waals surface area contributed by atoms with Crippen LogP contribution in [-0.2, 0) is 4.79 Å². The SMILES string of the molecule is O=Cc1cc([N+](=O)[O-])ccc1OCC(=O)Nc1ccc(Cl)c(Cl)c1. The monoisotopic (exact) mass is 368 g/mol. The first-order chi connectivity index (χ1) is 11.4. The maximum absolute atomic E-state index is 11.8. The Balaban J connectivity index is 2.02. The fourth-order valence-corrected chi connectivity index (χ4v) is 2.09. The van der Waals surface area contributed by atoms with E-state index in [1.807, 2.05) is 0 Å². The standard InChI is InChI=1S/C15H10Cl2N2O5/c16-12-3-1-10(6-13(12)17)18-15(21)8-24-14-4-2-11(19(22)23)5-9(14)7-20/h1-7H,8H2,(H,18,21). The lowest BCUT2D eigenvalue weighted by Gasteiger charge is -2.09. The van der Waals surface area contributed by atoms with Crippen LogP contribution in [0.4, 0.5) is 11.4 Å². The lowest BCUT2D eigenvalue weighted by molar-refractivity contribution is -0.384. The predicted molar refractivity (Wildman–Crippen MR) is 89.1 cm³/mol. The zero-order chi connectivity index (χ0) is 17.7. The van der Waals surface area contributed by atoms with Crippen LogP contribution in [0.25, 0.3) is 0 Å². The Labute approximate surface area is 146 Å². The summed E-state index contributed by atoms with van der Waals surface area (Å²) < 4.78 is 5.23. The average Bonchev–Trinajstić information content (AvgIpc) is 2.56. The minimum absolute atomic E-state index is 0.0217. The Morgan fingerprint density at radius 1 is 1.21 bits per heavy atom. The largest absolute Gasteiger partial charge is 0.483 e. The quantitative estimate of drug-likeness (QED) is 0.475. The molecule has 2 aromatic rings. The second kappa shape index (κ2) is 7.76. The van der Waals surface area contributed by atoms with Gasteiger partial charge >= 0.3 is 0 Å². The molecule has 0 heterocycles. The molecule has 0 saturated heterocycles. The summed E-state index contributed by atoms with van der Waals surface area (Å²) >= 11 is 11.6. The van der Waals surface area contributed by atoms with Crippen molar-refractivity contribution in [2.24, 2.45) is 0 Å². The molecule has 0 saturated carbocycles. The van der Waals surface area contributed by atoms with Gasteiger partial charge in [-0.1, -0.05) is 23.2 Å². The molecule has 0 spiro atoms. The van der Waals surface area contributed by atoms with Crippen LogP contribution in [0, 0.1) is 10.1 Å². The number of halogens is 2. The van der Waals surface area contributed by atoms with Crippen molar-refractivity contribution in [3.63, 3.8) is 0 Å². The first kappa shape index (κ1) is 17.7. The summed E-state index contributed by atoms with van der Waals surface area (Å²) in [5.74, 6) is -0.427. The van der Waals surface area contributed by atoms with E-state index in [-0.39, 0.29) is 28.6 Å². The molecule has 24 heavy (non-hydrogen) atoms. The smallest absolute Gasteiger partial charge is 0.270 e. The molecule has 9 heteroatoms. The van der Waals surface area contributed by atoms with Crippen LogP contribution < -0.4 is 10.1 Å². The van der Waals surface area contributed by atoms with Gasteiger partial charge in [0.2, 0.25) is 0 Å². The van der Waals surface area contributed by atoms with Gasteiger partial charge < -0.3 is 10.1 Å². The Morgan fingerprint density at radius 3 is 2.58 bits per heavy atom. The van der Waals surface area contributed by atoms with Crippen molar-refractivity contribution in [1.82, 2.24) is 0 Å². The summed E-state index contributed by atoms with van der Waals surface area (Å²) in [4.78, 5) is 32.9. The van der Waals surface area contributed by atoms with Crippen LogP contribution in [0.5, 0.6) is 5.75 Å². The molecule has 2 rings (SSSR count). The van der Waals surface area contributed by atoms with E-state index in [1.165, 1.54) is 24.3 Å². The summed E-state index contributed by atoms with van der Waals surface area (Å²) in [6.45, 7) is -0.390. The van der Waals surface area contributed by atoms with Crippen molar-refractivity contribution in [1.29, 1.82) is 0 Å². The summed E-state index contributed by atoms with van der Waals surface area (Å²) in [5, 5.41) is 13.8. The highest BCUT2D eigenvalue weighted by atomic mass is 35.5. The van der Waals surface area contributed by atoms with Crippen LogP contribution in [0.3, 0.4) is 0 Å². The number of nitrogens with zero attached hydrogens (tertiary/aromatic N) is 1. The van der Waals surface area contributed by atoms with Gasteiger partial charge in [-0.05, 0) is 24.3 Å². The average molecular weight is 369 g/mol. The van der Waals surface area contributed by atoms with Gasteiger partial charge in [0.05, 0.1) is 20.5 Å². The molecular weight excluding hydrogens is 359 g/mol. The summed E-state index contributed by atoms with van der Waals surface area (Å²) in [6.07, 6.45) is 0.416. The van der Waals surface area contributed by atoms with E-state index in [0.29, 0.717) is 17.0 Å². The lowest BCUT2D eigenvalue weighted by atomic mass is 10.2. The fourth-order valence-electron chi connectivity index (χ4n) is 1.79. The number of aldehydes is 1. The van der Waals surface area contributed by atoms with Gasteiger partial charge in [-0.3, -0.25) is 19.7 Å². The molecule has 124 valence electrons. The van der Waals surface area contributed by atoms with Gasteiger partial charge in [-0.15, -0.1) is 0 Å². The van der Waals surface area contributed by atoms with Crippen LogP contribution >= 0.6 is 23.2 Å². The van der Waals surface area contributed by atoms with Gasteiger partial charge in [0.25, 0.3) is 11.6 Å². The topological polar surface area (TPSA) is 98.5 Å². The Kier molecular flexibility index (Phi) is 5.73. The molecule has 0 aliphatic rings. The van der Waals surface area contributed by atoms with Gasteiger partial charge in [0.15, 0.2) is 12.9 Å². The van der Waals surface area contributed by atoms with Crippen LogP contribution in [0.15, 0.2) is 36.4 Å². The Bertz CT molecular complexity index is 810. The van der Waals surface area contributed by atoms with E-state index >= 15 is 0 Å². The molecule has 1 amide bonds. The second-order valence-electron chi connectivity index (χ2n) is 4.56. The van der Waals surface area contributed by atoms with E-state index in [0.717, 1.165) is 6.07 Å². The zero-order valence-corrected chi connectivity index (χ0v) is 13.5. The second-order valence-corrected chi connectivity index (χ2v) is 5.38. The number of non-ortho nitro benzene ring substituents is 1. The van der Waals surface area contributed by atoms with E-state index in [4.69, 9.17) is 27.9 Å². The fraction of sp³-hybridized carbons (Fsp3) is 0.0667. The third kappa shape index (κ3) is 4.43. The van der Waals surface area contributed by atoms with E-state index in [1.54, 1.807) is 6.07 Å². The maximum atomic E-state index is 11.8. The van der Waals surface area contributed by atoms with Crippen molar-refractivity contribution in [2.75, 3.05) is 11.9 Å². The molecule has 1 N–H and O–H groups in total. The molecule has 0 bridgehead atoms. The number of carbonyl (C=O) groups excluding carboxylic acids is 2. The van der Waals surface area contributed by atoms with Crippen LogP contribution in [0.2, 0.25) is 10.0 Å². The molecule has 0 aliphatic carbocycles. The number of hydrogen-bond donors (Lipinski definition) is 1. The number of amides is 1. The highest BCUT2D eigenvalue weighted by Gasteiger charge is 2.13. The first-order valence-corrected chi connectivity index (χ1v) is 7.27. The molecule has 0 unspecified atom stereocenters. The van der Waals surface area contributed by atoms with Crippen molar-refractivity contribution in [2.45, 2.75) is 0 Å². The first-order valence-electron chi connectivity index (χ1n) is 6.52. The number of ether oxygens (including phenoxy) is 1. The number of nitrogens with one attached hydrogen (secondary N) is 1. The lowest BCUT2D eigenvalue weighted by Crippen LogP contribution is -2.20. The van der Waals surface area contributed by atoms with E-state index in [2.05, 4.69) is 5.32 Å². The summed E-state index contributed by atoms with van der Waals surface area (Å²) in [6, 6.07) is 8.08. The number of carbonyl (C=O) groups is 2. The van der Waals surface area contributed by atoms with Crippen LogP contribution in [-0.4, -0.2) is 23.7 Å². The van der Waals surface area contributed by atoms with Crippen molar-refractivity contribution in [3.8, 4) is 5.75 Å². The van der Waals surface area contributed by atoms with Gasteiger partial charge in [0.1, 0.15) is 5.75 Å². The van der Waals surface area contributed by atoms with Gasteiger partial charge in [-0.2, -0.15) is 0 Å². The van der Waals surface area contributed by atoms with Crippen LogP contribution in [0.1, 0.15) is 10.4 Å². The van der Waals surface area contributed by atoms with Crippen molar-refractivity contribution >= 4 is 46.8 Å². The molecule has 0 fully saturated rings. The van der Waals surface area contributed by atoms with E-state index < -0.39 is 10.8 Å². The third-order valence-corrected chi connectivity index (χ3v) is 3.63.